The van der Waals surface area contributed by atoms with Gasteiger partial charge in [-0.25, -0.2) is 0 Å². The molecule has 0 heterocycles. The van der Waals surface area contributed by atoms with Crippen molar-refractivity contribution in [3.05, 3.63) is 71.8 Å². The highest BCUT2D eigenvalue weighted by atomic mass is 16.5. The molecule has 0 spiro atoms. The maximum absolute atomic E-state index is 6.49. The normalized spacial score (nSPS) is 12.3. The van der Waals surface area contributed by atoms with E-state index in [0.717, 1.165) is 48.3 Å². The van der Waals surface area contributed by atoms with Crippen molar-refractivity contribution < 1.29 is 9.47 Å². The predicted octanol–water partition coefficient (Wildman–Crippen LogP) is 10.6. The molecule has 0 aliphatic heterocycles. The molecule has 0 saturated carbocycles. The SMILES string of the molecule is CCCCOc1ccc2cc(C(C)(C)C)ccc2c1-c1c(OCCCC)ccc2cc(C(C)(C)C)ccc12. The van der Waals surface area contributed by atoms with Gasteiger partial charge in [0.25, 0.3) is 0 Å². The van der Waals surface area contributed by atoms with Gasteiger partial charge in [-0.05, 0) is 68.5 Å². The molecule has 0 atom stereocenters. The van der Waals surface area contributed by atoms with Crippen LogP contribution in [0.5, 0.6) is 11.5 Å². The van der Waals surface area contributed by atoms with Gasteiger partial charge < -0.3 is 9.47 Å². The molecule has 4 aromatic carbocycles. The summed E-state index contributed by atoms with van der Waals surface area (Å²) in [5.41, 5.74) is 5.12. The molecule has 0 aromatic heterocycles. The molecule has 0 radical (unpaired) electrons. The topological polar surface area (TPSA) is 18.5 Å². The quantitative estimate of drug-likeness (QED) is 0.208. The summed E-state index contributed by atoms with van der Waals surface area (Å²) >= 11 is 0. The van der Waals surface area contributed by atoms with Gasteiger partial charge in [0.2, 0.25) is 0 Å². The lowest BCUT2D eigenvalue weighted by Gasteiger charge is -2.23. The van der Waals surface area contributed by atoms with Gasteiger partial charge in [0, 0.05) is 11.1 Å². The van der Waals surface area contributed by atoms with Crippen molar-refractivity contribution in [2.45, 2.75) is 91.9 Å². The van der Waals surface area contributed by atoms with Crippen molar-refractivity contribution in [3.63, 3.8) is 0 Å². The van der Waals surface area contributed by atoms with E-state index in [2.05, 4.69) is 116 Å². The number of hydrogen-bond donors (Lipinski definition) is 0. The summed E-state index contributed by atoms with van der Waals surface area (Å²) in [4.78, 5) is 0. The van der Waals surface area contributed by atoms with Crippen molar-refractivity contribution in [2.24, 2.45) is 0 Å². The van der Waals surface area contributed by atoms with Crippen LogP contribution < -0.4 is 9.47 Å². The monoisotopic (exact) mass is 510 g/mol. The first-order chi connectivity index (χ1) is 18.0. The van der Waals surface area contributed by atoms with Crippen molar-refractivity contribution in [2.75, 3.05) is 13.2 Å². The van der Waals surface area contributed by atoms with Crippen LogP contribution in [-0.2, 0) is 10.8 Å². The van der Waals surface area contributed by atoms with E-state index in [1.807, 2.05) is 0 Å². The van der Waals surface area contributed by atoms with Crippen LogP contribution in [0.4, 0.5) is 0 Å². The second-order valence-electron chi connectivity index (χ2n) is 12.7. The lowest BCUT2D eigenvalue weighted by molar-refractivity contribution is 0.306. The smallest absolute Gasteiger partial charge is 0.127 e. The molecule has 38 heavy (non-hydrogen) atoms. The molecule has 0 saturated heterocycles. The van der Waals surface area contributed by atoms with E-state index in [9.17, 15) is 0 Å². The van der Waals surface area contributed by atoms with Gasteiger partial charge in [-0.15, -0.1) is 0 Å². The van der Waals surface area contributed by atoms with Crippen LogP contribution in [0.2, 0.25) is 0 Å². The molecule has 0 N–H and O–H groups in total. The molecular formula is C36H46O2. The molecule has 0 amide bonds. The van der Waals surface area contributed by atoms with Crippen molar-refractivity contribution in [1.29, 1.82) is 0 Å². The molecule has 0 fully saturated rings. The number of ether oxygens (including phenoxy) is 2. The standard InChI is InChI=1S/C36H46O2/c1-9-11-21-37-31-19-13-25-23-27(35(3,4)5)15-17-29(25)33(31)34-30-18-16-28(36(6,7)8)24-26(30)14-20-32(34)38-22-12-10-2/h13-20,23-24H,9-12,21-22H2,1-8H3. The Morgan fingerprint density at radius 3 is 1.26 bits per heavy atom. The number of benzene rings is 4. The Balaban J connectivity index is 2.04. The van der Waals surface area contributed by atoms with Crippen molar-refractivity contribution in [1.82, 2.24) is 0 Å². The summed E-state index contributed by atoms with van der Waals surface area (Å²) in [5, 5.41) is 4.88. The summed E-state index contributed by atoms with van der Waals surface area (Å²) in [7, 11) is 0. The Hall–Kier alpha value is -3.00. The van der Waals surface area contributed by atoms with Crippen LogP contribution in [-0.4, -0.2) is 13.2 Å². The lowest BCUT2D eigenvalue weighted by atomic mass is 9.83. The highest BCUT2D eigenvalue weighted by molar-refractivity contribution is 6.10. The van der Waals surface area contributed by atoms with Crippen LogP contribution in [0.1, 0.15) is 92.2 Å². The fourth-order valence-corrected chi connectivity index (χ4v) is 4.96. The molecule has 2 heteroatoms. The average Bonchev–Trinajstić information content (AvgIpc) is 2.87. The summed E-state index contributed by atoms with van der Waals surface area (Å²) in [6.45, 7) is 19.5. The van der Waals surface area contributed by atoms with Crippen LogP contribution in [0.3, 0.4) is 0 Å². The molecule has 4 aromatic rings. The maximum Gasteiger partial charge on any atom is 0.127 e. The Morgan fingerprint density at radius 1 is 0.526 bits per heavy atom. The van der Waals surface area contributed by atoms with E-state index in [-0.39, 0.29) is 10.8 Å². The summed E-state index contributed by atoms with van der Waals surface area (Å²) in [6.07, 6.45) is 4.27. The minimum atomic E-state index is 0.0852. The third-order valence-corrected chi connectivity index (χ3v) is 7.46. The summed E-state index contributed by atoms with van der Waals surface area (Å²) < 4.78 is 13.0. The van der Waals surface area contributed by atoms with Crippen LogP contribution >= 0.6 is 0 Å². The Kier molecular flexibility index (Phi) is 8.40. The lowest BCUT2D eigenvalue weighted by Crippen LogP contribution is -2.11. The van der Waals surface area contributed by atoms with E-state index in [1.165, 1.54) is 32.7 Å². The molecule has 202 valence electrons. The van der Waals surface area contributed by atoms with Gasteiger partial charge in [0.05, 0.1) is 13.2 Å². The summed E-state index contributed by atoms with van der Waals surface area (Å²) in [6, 6.07) is 22.6. The van der Waals surface area contributed by atoms with Gasteiger partial charge in [0.15, 0.2) is 0 Å². The number of fused-ring (bicyclic) bond motifs is 2. The molecular weight excluding hydrogens is 464 g/mol. The van der Waals surface area contributed by atoms with Gasteiger partial charge in [0.1, 0.15) is 11.5 Å². The Morgan fingerprint density at radius 2 is 0.921 bits per heavy atom. The molecule has 0 unspecified atom stereocenters. The number of rotatable bonds is 9. The zero-order valence-electron chi connectivity index (χ0n) is 24.8. The van der Waals surface area contributed by atoms with Crippen molar-refractivity contribution >= 4 is 21.5 Å². The first kappa shape index (κ1) is 28.0. The minimum Gasteiger partial charge on any atom is -0.493 e. The minimum absolute atomic E-state index is 0.0852. The maximum atomic E-state index is 6.49. The van der Waals surface area contributed by atoms with E-state index < -0.39 is 0 Å². The second-order valence-corrected chi connectivity index (χ2v) is 12.7. The average molecular weight is 511 g/mol. The predicted molar refractivity (Wildman–Crippen MR) is 165 cm³/mol. The number of unbranched alkanes of at least 4 members (excludes halogenated alkanes) is 2. The first-order valence-electron chi connectivity index (χ1n) is 14.4. The Bertz CT molecular complexity index is 1290. The summed E-state index contributed by atoms with van der Waals surface area (Å²) in [5.74, 6) is 1.87. The second kappa shape index (κ2) is 11.4. The zero-order valence-corrected chi connectivity index (χ0v) is 24.8. The van der Waals surface area contributed by atoms with E-state index in [1.54, 1.807) is 0 Å². The Labute approximate surface area is 230 Å². The number of hydrogen-bond acceptors (Lipinski definition) is 2. The third kappa shape index (κ3) is 6.01. The van der Waals surface area contributed by atoms with Gasteiger partial charge in [-0.3, -0.25) is 0 Å². The van der Waals surface area contributed by atoms with Crippen LogP contribution in [0.15, 0.2) is 60.7 Å². The van der Waals surface area contributed by atoms with E-state index in [4.69, 9.17) is 9.47 Å². The molecule has 2 nitrogen and oxygen atoms in total. The highest BCUT2D eigenvalue weighted by Gasteiger charge is 2.22. The van der Waals surface area contributed by atoms with Gasteiger partial charge in [-0.2, -0.15) is 0 Å². The third-order valence-electron chi connectivity index (χ3n) is 7.46. The molecule has 0 bridgehead atoms. The van der Waals surface area contributed by atoms with Gasteiger partial charge in [-0.1, -0.05) is 117 Å². The molecule has 4 rings (SSSR count). The molecule has 0 aliphatic carbocycles. The first-order valence-corrected chi connectivity index (χ1v) is 14.4. The molecule has 0 aliphatic rings. The van der Waals surface area contributed by atoms with Crippen molar-refractivity contribution in [3.8, 4) is 22.6 Å². The fourth-order valence-electron chi connectivity index (χ4n) is 4.96. The van der Waals surface area contributed by atoms with Crippen LogP contribution in [0.25, 0.3) is 32.7 Å². The van der Waals surface area contributed by atoms with E-state index >= 15 is 0 Å². The zero-order chi connectivity index (χ0) is 27.5. The van der Waals surface area contributed by atoms with E-state index in [0.29, 0.717) is 13.2 Å². The highest BCUT2D eigenvalue weighted by Crippen LogP contribution is 2.46. The fraction of sp³-hybridized carbons (Fsp3) is 0.444. The van der Waals surface area contributed by atoms with Gasteiger partial charge >= 0.3 is 0 Å². The van der Waals surface area contributed by atoms with Crippen LogP contribution in [0, 0.1) is 0 Å². The largest absolute Gasteiger partial charge is 0.493 e.